The first-order valence-electron chi connectivity index (χ1n) is 6.04. The number of aryl methyl sites for hydroxylation is 1. The summed E-state index contributed by atoms with van der Waals surface area (Å²) in [5, 5.41) is 11.9. The lowest BCUT2D eigenvalue weighted by Crippen LogP contribution is -2.14. The molecule has 0 radical (unpaired) electrons. The molecule has 0 aliphatic carbocycles. The first-order valence-corrected chi connectivity index (χ1v) is 8.68. The number of nitrogens with two attached hydrogens (primary N) is 1. The van der Waals surface area contributed by atoms with Gasteiger partial charge >= 0.3 is 0 Å². The molecule has 0 atom stereocenters. The Morgan fingerprint density at radius 1 is 1.48 bits per heavy atom. The molecule has 1 aromatic heterocycles. The number of nitrogen functional groups attached to an aromatic ring is 1. The molecule has 7 nitrogen and oxygen atoms in total. The maximum atomic E-state index is 12.3. The van der Waals surface area contributed by atoms with Crippen molar-refractivity contribution in [1.82, 2.24) is 14.8 Å². The van der Waals surface area contributed by atoms with Crippen molar-refractivity contribution in [3.05, 3.63) is 36.2 Å². The van der Waals surface area contributed by atoms with Crippen molar-refractivity contribution >= 4 is 27.4 Å². The lowest BCUT2D eigenvalue weighted by molar-refractivity contribution is 0.597. The maximum absolute atomic E-state index is 12.3. The largest absolute Gasteiger partial charge is 0.384 e. The fourth-order valence-electron chi connectivity index (χ4n) is 1.63. The van der Waals surface area contributed by atoms with E-state index >= 15 is 0 Å². The van der Waals surface area contributed by atoms with E-state index in [1.54, 1.807) is 23.9 Å². The zero-order valence-corrected chi connectivity index (χ0v) is 13.0. The van der Waals surface area contributed by atoms with Crippen LogP contribution < -0.4 is 5.73 Å². The van der Waals surface area contributed by atoms with Gasteiger partial charge in [-0.15, -0.1) is 0 Å². The minimum absolute atomic E-state index is 0.0219. The fraction of sp³-hybridized carbons (Fsp3) is 0.250. The number of thioether (sulfide) groups is 1. The van der Waals surface area contributed by atoms with E-state index in [0.717, 1.165) is 0 Å². The SMILES string of the molecule is Cn1ncnc1SCCS(=O)(=O)c1cccc(C(=N)N)c1. The Bertz CT molecular complexity index is 755. The van der Waals surface area contributed by atoms with Gasteiger partial charge in [0, 0.05) is 18.4 Å². The topological polar surface area (TPSA) is 115 Å². The van der Waals surface area contributed by atoms with Crippen LogP contribution in [0.5, 0.6) is 0 Å². The van der Waals surface area contributed by atoms with E-state index in [1.807, 2.05) is 0 Å². The number of aromatic nitrogens is 3. The van der Waals surface area contributed by atoms with Crippen LogP contribution in [-0.2, 0) is 16.9 Å². The number of amidine groups is 1. The van der Waals surface area contributed by atoms with Gasteiger partial charge in [0.25, 0.3) is 0 Å². The Kier molecular flexibility index (Phi) is 4.63. The molecule has 1 aromatic carbocycles. The highest BCUT2D eigenvalue weighted by molar-refractivity contribution is 8.00. The molecule has 0 spiro atoms. The summed E-state index contributed by atoms with van der Waals surface area (Å²) in [6.07, 6.45) is 1.42. The highest BCUT2D eigenvalue weighted by Gasteiger charge is 2.16. The van der Waals surface area contributed by atoms with Crippen molar-refractivity contribution in [3.8, 4) is 0 Å². The van der Waals surface area contributed by atoms with Crippen LogP contribution in [0.15, 0.2) is 40.6 Å². The van der Waals surface area contributed by atoms with Gasteiger partial charge in [-0.05, 0) is 12.1 Å². The standard InChI is InChI=1S/C12H15N5O2S2/c1-17-12(15-8-16-17)20-5-6-21(18,19)10-4-2-3-9(7-10)11(13)14/h2-4,7-8H,5-6H2,1H3,(H3,13,14). The second kappa shape index (κ2) is 6.27. The van der Waals surface area contributed by atoms with Gasteiger partial charge in [0.15, 0.2) is 15.0 Å². The highest BCUT2D eigenvalue weighted by atomic mass is 32.2. The van der Waals surface area contributed by atoms with Gasteiger partial charge in [-0.25, -0.2) is 18.1 Å². The summed E-state index contributed by atoms with van der Waals surface area (Å²) in [5.74, 6) is 0.200. The summed E-state index contributed by atoms with van der Waals surface area (Å²) in [5.41, 5.74) is 5.77. The third kappa shape index (κ3) is 3.82. The number of nitrogens with zero attached hydrogens (tertiary/aromatic N) is 3. The molecule has 0 unspecified atom stereocenters. The van der Waals surface area contributed by atoms with E-state index in [0.29, 0.717) is 16.5 Å². The van der Waals surface area contributed by atoms with Crippen molar-refractivity contribution in [2.75, 3.05) is 11.5 Å². The van der Waals surface area contributed by atoms with Gasteiger partial charge in [-0.1, -0.05) is 23.9 Å². The molecular weight excluding hydrogens is 310 g/mol. The predicted octanol–water partition coefficient (Wildman–Crippen LogP) is 0.665. The minimum Gasteiger partial charge on any atom is -0.384 e. The van der Waals surface area contributed by atoms with Crippen molar-refractivity contribution in [1.29, 1.82) is 5.41 Å². The normalized spacial score (nSPS) is 11.5. The Balaban J connectivity index is 2.06. The van der Waals surface area contributed by atoms with Gasteiger partial charge in [0.2, 0.25) is 0 Å². The van der Waals surface area contributed by atoms with Crippen LogP contribution in [0.3, 0.4) is 0 Å². The summed E-state index contributed by atoms with van der Waals surface area (Å²) in [4.78, 5) is 4.20. The molecular formula is C12H15N5O2S2. The zero-order chi connectivity index (χ0) is 15.5. The second-order valence-corrected chi connectivity index (χ2v) is 7.45. The molecule has 0 amide bonds. The Morgan fingerprint density at radius 3 is 2.86 bits per heavy atom. The number of hydrogen-bond acceptors (Lipinski definition) is 6. The van der Waals surface area contributed by atoms with Crippen molar-refractivity contribution in [3.63, 3.8) is 0 Å². The van der Waals surface area contributed by atoms with Gasteiger partial charge in [-0.3, -0.25) is 5.41 Å². The molecule has 3 N–H and O–H groups in total. The molecule has 0 saturated heterocycles. The average molecular weight is 325 g/mol. The molecule has 112 valence electrons. The number of nitrogens with one attached hydrogen (secondary N) is 1. The minimum atomic E-state index is -3.41. The van der Waals surface area contributed by atoms with Crippen LogP contribution in [0.1, 0.15) is 5.56 Å². The number of hydrogen-bond donors (Lipinski definition) is 2. The van der Waals surface area contributed by atoms with Crippen LogP contribution >= 0.6 is 11.8 Å². The number of benzene rings is 1. The van der Waals surface area contributed by atoms with Crippen molar-refractivity contribution < 1.29 is 8.42 Å². The van der Waals surface area contributed by atoms with E-state index in [2.05, 4.69) is 10.1 Å². The predicted molar refractivity (Wildman–Crippen MR) is 81.2 cm³/mol. The van der Waals surface area contributed by atoms with Crippen molar-refractivity contribution in [2.24, 2.45) is 12.8 Å². The van der Waals surface area contributed by atoms with Crippen molar-refractivity contribution in [2.45, 2.75) is 10.1 Å². The number of rotatable bonds is 6. The zero-order valence-electron chi connectivity index (χ0n) is 11.4. The van der Waals surface area contributed by atoms with E-state index in [1.165, 1.54) is 30.2 Å². The van der Waals surface area contributed by atoms with Gasteiger partial charge < -0.3 is 5.73 Å². The van der Waals surface area contributed by atoms with E-state index in [-0.39, 0.29) is 16.5 Å². The lowest BCUT2D eigenvalue weighted by atomic mass is 10.2. The third-order valence-electron chi connectivity index (χ3n) is 2.76. The molecule has 1 heterocycles. The molecule has 0 fully saturated rings. The third-order valence-corrected chi connectivity index (χ3v) is 5.77. The Morgan fingerprint density at radius 2 is 2.24 bits per heavy atom. The summed E-state index contributed by atoms with van der Waals surface area (Å²) in [6, 6.07) is 6.12. The first kappa shape index (κ1) is 15.5. The molecule has 21 heavy (non-hydrogen) atoms. The summed E-state index contributed by atoms with van der Waals surface area (Å²) < 4.78 is 26.1. The summed E-state index contributed by atoms with van der Waals surface area (Å²) in [6.45, 7) is 0. The van der Waals surface area contributed by atoms with Crippen LogP contribution in [0.25, 0.3) is 0 Å². The maximum Gasteiger partial charge on any atom is 0.185 e. The molecule has 0 bridgehead atoms. The van der Waals surface area contributed by atoms with Crippen LogP contribution in [0, 0.1) is 5.41 Å². The first-order chi connectivity index (χ1) is 9.90. The quantitative estimate of drug-likeness (QED) is 0.458. The molecule has 9 heteroatoms. The van der Waals surface area contributed by atoms with Crippen LogP contribution in [-0.4, -0.2) is 40.5 Å². The molecule has 2 aromatic rings. The lowest BCUT2D eigenvalue weighted by Gasteiger charge is -2.06. The fourth-order valence-corrected chi connectivity index (χ4v) is 4.21. The molecule has 2 rings (SSSR count). The van der Waals surface area contributed by atoms with Gasteiger partial charge in [-0.2, -0.15) is 5.10 Å². The van der Waals surface area contributed by atoms with E-state index < -0.39 is 9.84 Å². The average Bonchev–Trinajstić information content (AvgIpc) is 2.84. The molecule has 0 aliphatic heterocycles. The molecule has 0 aliphatic rings. The van der Waals surface area contributed by atoms with E-state index in [9.17, 15) is 8.42 Å². The monoisotopic (exact) mass is 325 g/mol. The van der Waals surface area contributed by atoms with Crippen LogP contribution in [0.4, 0.5) is 0 Å². The highest BCUT2D eigenvalue weighted by Crippen LogP contribution is 2.18. The Hall–Kier alpha value is -1.87. The van der Waals surface area contributed by atoms with Gasteiger partial charge in [0.05, 0.1) is 10.6 Å². The summed E-state index contributed by atoms with van der Waals surface area (Å²) in [7, 11) is -1.66. The van der Waals surface area contributed by atoms with Crippen LogP contribution in [0.2, 0.25) is 0 Å². The summed E-state index contributed by atoms with van der Waals surface area (Å²) >= 11 is 1.33. The smallest absolute Gasteiger partial charge is 0.185 e. The molecule has 0 saturated carbocycles. The second-order valence-electron chi connectivity index (χ2n) is 4.28. The van der Waals surface area contributed by atoms with Gasteiger partial charge in [0.1, 0.15) is 12.2 Å². The Labute approximate surface area is 127 Å². The van der Waals surface area contributed by atoms with E-state index in [4.69, 9.17) is 11.1 Å². The number of sulfone groups is 1.